The zero-order chi connectivity index (χ0) is 10.7. The van der Waals surface area contributed by atoms with Crippen LogP contribution >= 0.6 is 11.8 Å². The first-order chi connectivity index (χ1) is 7.27. The van der Waals surface area contributed by atoms with Crippen molar-refractivity contribution < 1.29 is 0 Å². The van der Waals surface area contributed by atoms with Gasteiger partial charge < -0.3 is 0 Å². The van der Waals surface area contributed by atoms with E-state index in [4.69, 9.17) is 0 Å². The van der Waals surface area contributed by atoms with E-state index in [1.807, 2.05) is 18.0 Å². The fourth-order valence-electron chi connectivity index (χ4n) is 1.54. The topological polar surface area (TPSA) is 12.9 Å². The minimum absolute atomic E-state index is 0.658. The lowest BCUT2D eigenvalue weighted by atomic mass is 10.1. The Morgan fingerprint density at radius 2 is 2.00 bits per heavy atom. The van der Waals surface area contributed by atoms with Gasteiger partial charge in [-0.25, -0.2) is 0 Å². The Bertz CT molecular complexity index is 446. The second-order valence-corrected chi connectivity index (χ2v) is 5.40. The van der Waals surface area contributed by atoms with Gasteiger partial charge in [-0.05, 0) is 16.7 Å². The molecule has 0 unspecified atom stereocenters. The smallest absolute Gasteiger partial charge is 0.0580 e. The molecule has 0 aliphatic rings. The van der Waals surface area contributed by atoms with Crippen LogP contribution in [-0.2, 0) is 5.75 Å². The predicted molar refractivity (Wildman–Crippen MR) is 68.2 cm³/mol. The first kappa shape index (κ1) is 10.5. The summed E-state index contributed by atoms with van der Waals surface area (Å²) in [5.41, 5.74) is 1.20. The van der Waals surface area contributed by atoms with Crippen LogP contribution in [0.1, 0.15) is 19.5 Å². The fourth-order valence-corrected chi connectivity index (χ4v) is 2.26. The van der Waals surface area contributed by atoms with Crippen LogP contribution in [0, 0.1) is 0 Å². The standard InChI is InChI=1S/C13H15NS/c1-10(2)15-9-13-12-6-4-3-5-11(12)7-8-14-13/h3-8,10H,9H2,1-2H3. The van der Waals surface area contributed by atoms with Crippen molar-refractivity contribution in [2.75, 3.05) is 0 Å². The summed E-state index contributed by atoms with van der Waals surface area (Å²) in [6.07, 6.45) is 1.90. The second kappa shape index (κ2) is 4.67. The molecule has 0 radical (unpaired) electrons. The van der Waals surface area contributed by atoms with Crippen molar-refractivity contribution in [1.82, 2.24) is 4.98 Å². The van der Waals surface area contributed by atoms with Crippen LogP contribution in [-0.4, -0.2) is 10.2 Å². The van der Waals surface area contributed by atoms with Crippen molar-refractivity contribution in [3.8, 4) is 0 Å². The monoisotopic (exact) mass is 217 g/mol. The van der Waals surface area contributed by atoms with Crippen molar-refractivity contribution in [3.63, 3.8) is 0 Å². The SMILES string of the molecule is CC(C)SCc1nccc2ccccc12. The average molecular weight is 217 g/mol. The Morgan fingerprint density at radius 1 is 1.20 bits per heavy atom. The molecule has 0 atom stereocenters. The van der Waals surface area contributed by atoms with Crippen molar-refractivity contribution >= 4 is 22.5 Å². The summed E-state index contributed by atoms with van der Waals surface area (Å²) < 4.78 is 0. The van der Waals surface area contributed by atoms with Crippen molar-refractivity contribution in [1.29, 1.82) is 0 Å². The summed E-state index contributed by atoms with van der Waals surface area (Å²) in [5.74, 6) is 0.999. The molecular formula is C13H15NS. The second-order valence-electron chi connectivity index (χ2n) is 3.84. The Morgan fingerprint density at radius 3 is 2.80 bits per heavy atom. The zero-order valence-electron chi connectivity index (χ0n) is 9.10. The molecule has 2 heteroatoms. The summed E-state index contributed by atoms with van der Waals surface area (Å²) in [5, 5.41) is 3.23. The molecule has 1 aromatic carbocycles. The van der Waals surface area contributed by atoms with E-state index in [0.717, 1.165) is 5.75 Å². The molecule has 0 amide bonds. The van der Waals surface area contributed by atoms with Gasteiger partial charge in [-0.2, -0.15) is 11.8 Å². The summed E-state index contributed by atoms with van der Waals surface area (Å²) in [6.45, 7) is 4.44. The van der Waals surface area contributed by atoms with Gasteiger partial charge in [-0.1, -0.05) is 38.1 Å². The number of thioether (sulfide) groups is 1. The number of hydrogen-bond acceptors (Lipinski definition) is 2. The lowest BCUT2D eigenvalue weighted by molar-refractivity contribution is 1.10. The molecule has 1 heterocycles. The van der Waals surface area contributed by atoms with Gasteiger partial charge in [0.1, 0.15) is 0 Å². The Kier molecular flexibility index (Phi) is 3.27. The number of hydrogen-bond donors (Lipinski definition) is 0. The van der Waals surface area contributed by atoms with Gasteiger partial charge >= 0.3 is 0 Å². The van der Waals surface area contributed by atoms with Gasteiger partial charge in [0.25, 0.3) is 0 Å². The van der Waals surface area contributed by atoms with Crippen molar-refractivity contribution in [2.24, 2.45) is 0 Å². The van der Waals surface area contributed by atoms with Gasteiger partial charge in [-0.15, -0.1) is 0 Å². The molecule has 0 aliphatic heterocycles. The Balaban J connectivity index is 2.34. The molecule has 78 valence electrons. The van der Waals surface area contributed by atoms with E-state index in [-0.39, 0.29) is 0 Å². The van der Waals surface area contributed by atoms with Crippen molar-refractivity contribution in [3.05, 3.63) is 42.2 Å². The first-order valence-electron chi connectivity index (χ1n) is 5.21. The molecule has 1 nitrogen and oxygen atoms in total. The summed E-state index contributed by atoms with van der Waals surface area (Å²) in [6, 6.07) is 10.5. The van der Waals surface area contributed by atoms with Crippen LogP contribution in [0.3, 0.4) is 0 Å². The maximum atomic E-state index is 4.46. The van der Waals surface area contributed by atoms with Crippen LogP contribution in [0.2, 0.25) is 0 Å². The molecule has 2 aromatic rings. The molecule has 0 spiro atoms. The third kappa shape index (κ3) is 2.51. The normalized spacial score (nSPS) is 11.1. The molecule has 2 rings (SSSR count). The number of rotatable bonds is 3. The van der Waals surface area contributed by atoms with E-state index in [2.05, 4.69) is 49.2 Å². The van der Waals surface area contributed by atoms with Gasteiger partial charge in [0, 0.05) is 17.3 Å². The van der Waals surface area contributed by atoms with E-state index >= 15 is 0 Å². The van der Waals surface area contributed by atoms with Gasteiger partial charge in [0.05, 0.1) is 5.69 Å². The third-order valence-corrected chi connectivity index (χ3v) is 3.42. The molecule has 0 N–H and O–H groups in total. The fraction of sp³-hybridized carbons (Fsp3) is 0.308. The number of pyridine rings is 1. The van der Waals surface area contributed by atoms with Crippen LogP contribution in [0.5, 0.6) is 0 Å². The molecule has 15 heavy (non-hydrogen) atoms. The van der Waals surface area contributed by atoms with Crippen LogP contribution < -0.4 is 0 Å². The number of nitrogens with zero attached hydrogens (tertiary/aromatic N) is 1. The number of aromatic nitrogens is 1. The average Bonchev–Trinajstić information content (AvgIpc) is 2.26. The number of fused-ring (bicyclic) bond motifs is 1. The van der Waals surface area contributed by atoms with E-state index in [1.165, 1.54) is 16.5 Å². The van der Waals surface area contributed by atoms with Gasteiger partial charge in [-0.3, -0.25) is 4.98 Å². The maximum absolute atomic E-state index is 4.46. The van der Waals surface area contributed by atoms with E-state index in [9.17, 15) is 0 Å². The Labute approximate surface area is 94.9 Å². The third-order valence-electron chi connectivity index (χ3n) is 2.31. The number of benzene rings is 1. The maximum Gasteiger partial charge on any atom is 0.0580 e. The minimum Gasteiger partial charge on any atom is -0.260 e. The largest absolute Gasteiger partial charge is 0.260 e. The summed E-state index contributed by atoms with van der Waals surface area (Å²) >= 11 is 1.94. The van der Waals surface area contributed by atoms with Crippen LogP contribution in [0.15, 0.2) is 36.5 Å². The zero-order valence-corrected chi connectivity index (χ0v) is 9.92. The molecule has 0 bridgehead atoms. The Hall–Kier alpha value is -1.02. The minimum atomic E-state index is 0.658. The highest BCUT2D eigenvalue weighted by Crippen LogP contribution is 2.22. The summed E-state index contributed by atoms with van der Waals surface area (Å²) in [7, 11) is 0. The van der Waals surface area contributed by atoms with Crippen LogP contribution in [0.25, 0.3) is 10.8 Å². The molecule has 0 fully saturated rings. The molecule has 1 aromatic heterocycles. The first-order valence-corrected chi connectivity index (χ1v) is 6.26. The predicted octanol–water partition coefficient (Wildman–Crippen LogP) is 3.88. The van der Waals surface area contributed by atoms with E-state index < -0.39 is 0 Å². The molecule has 0 saturated heterocycles. The highest BCUT2D eigenvalue weighted by atomic mass is 32.2. The molecule has 0 aliphatic carbocycles. The van der Waals surface area contributed by atoms with Crippen LogP contribution in [0.4, 0.5) is 0 Å². The summed E-state index contributed by atoms with van der Waals surface area (Å²) in [4.78, 5) is 4.46. The van der Waals surface area contributed by atoms with Gasteiger partial charge in [0.15, 0.2) is 0 Å². The lowest BCUT2D eigenvalue weighted by Gasteiger charge is -2.07. The van der Waals surface area contributed by atoms with E-state index in [0.29, 0.717) is 5.25 Å². The van der Waals surface area contributed by atoms with Crippen molar-refractivity contribution in [2.45, 2.75) is 24.9 Å². The van der Waals surface area contributed by atoms with E-state index in [1.54, 1.807) is 0 Å². The molecule has 0 saturated carbocycles. The lowest BCUT2D eigenvalue weighted by Crippen LogP contribution is -1.92. The van der Waals surface area contributed by atoms with Gasteiger partial charge in [0.2, 0.25) is 0 Å². The quantitative estimate of drug-likeness (QED) is 0.774. The highest BCUT2D eigenvalue weighted by Gasteiger charge is 2.02. The molecular weight excluding hydrogens is 202 g/mol. The highest BCUT2D eigenvalue weighted by molar-refractivity contribution is 7.99.